The summed E-state index contributed by atoms with van der Waals surface area (Å²) in [5.41, 5.74) is 1.05. The second-order valence-corrected chi connectivity index (χ2v) is 4.51. The third-order valence-electron chi connectivity index (χ3n) is 2.99. The SMILES string of the molecule is CCCCCCCCc1ccc(F)c(O[B]O)c1. The second-order valence-electron chi connectivity index (χ2n) is 4.51. The van der Waals surface area contributed by atoms with E-state index in [1.807, 2.05) is 0 Å². The van der Waals surface area contributed by atoms with E-state index in [0.717, 1.165) is 18.4 Å². The van der Waals surface area contributed by atoms with Crippen molar-refractivity contribution in [2.45, 2.75) is 51.9 Å². The van der Waals surface area contributed by atoms with Gasteiger partial charge in [-0.3, -0.25) is 0 Å². The number of aryl methyl sites for hydroxylation is 1. The Morgan fingerprint density at radius 2 is 1.89 bits per heavy atom. The average Bonchev–Trinajstić information content (AvgIpc) is 2.37. The highest BCUT2D eigenvalue weighted by Gasteiger charge is 2.05. The van der Waals surface area contributed by atoms with Crippen LogP contribution in [-0.4, -0.2) is 12.7 Å². The van der Waals surface area contributed by atoms with Crippen LogP contribution in [0.15, 0.2) is 18.2 Å². The Hall–Kier alpha value is -1.03. The second kappa shape index (κ2) is 8.98. The first-order valence-electron chi connectivity index (χ1n) is 6.69. The Balaban J connectivity index is 2.31. The van der Waals surface area contributed by atoms with E-state index in [0.29, 0.717) is 7.69 Å². The molecule has 99 valence electrons. The number of unbranched alkanes of at least 4 members (excludes halogenated alkanes) is 5. The summed E-state index contributed by atoms with van der Waals surface area (Å²) in [6.45, 7) is 2.21. The summed E-state index contributed by atoms with van der Waals surface area (Å²) in [6.07, 6.45) is 8.37. The molecule has 18 heavy (non-hydrogen) atoms. The van der Waals surface area contributed by atoms with Crippen LogP contribution in [0.25, 0.3) is 0 Å². The molecule has 0 spiro atoms. The van der Waals surface area contributed by atoms with Crippen molar-refractivity contribution in [3.63, 3.8) is 0 Å². The topological polar surface area (TPSA) is 29.5 Å². The Bertz CT molecular complexity index is 345. The van der Waals surface area contributed by atoms with Gasteiger partial charge in [0, 0.05) is 0 Å². The Morgan fingerprint density at radius 1 is 1.17 bits per heavy atom. The Kier molecular flexibility index (Phi) is 7.50. The third-order valence-corrected chi connectivity index (χ3v) is 2.99. The summed E-state index contributed by atoms with van der Waals surface area (Å²) in [5.74, 6) is -0.368. The molecule has 2 nitrogen and oxygen atoms in total. The number of hydrogen-bond donors (Lipinski definition) is 1. The highest BCUT2D eigenvalue weighted by molar-refractivity contribution is 6.17. The van der Waals surface area contributed by atoms with Crippen LogP contribution in [0.4, 0.5) is 4.39 Å². The lowest BCUT2D eigenvalue weighted by Gasteiger charge is -2.07. The minimum atomic E-state index is -0.452. The molecule has 0 amide bonds. The minimum absolute atomic E-state index is 0.0842. The highest BCUT2D eigenvalue weighted by Crippen LogP contribution is 2.20. The fourth-order valence-corrected chi connectivity index (χ4v) is 1.96. The van der Waals surface area contributed by atoms with Gasteiger partial charge >= 0.3 is 7.69 Å². The number of benzene rings is 1. The summed E-state index contributed by atoms with van der Waals surface area (Å²) >= 11 is 0. The van der Waals surface area contributed by atoms with Gasteiger partial charge in [0.1, 0.15) is 5.75 Å². The van der Waals surface area contributed by atoms with E-state index in [-0.39, 0.29) is 5.75 Å². The number of halogens is 1. The van der Waals surface area contributed by atoms with Gasteiger partial charge in [-0.1, -0.05) is 45.1 Å². The van der Waals surface area contributed by atoms with Gasteiger partial charge in [-0.05, 0) is 30.5 Å². The fraction of sp³-hybridized carbons (Fsp3) is 0.571. The number of hydrogen-bond acceptors (Lipinski definition) is 2. The van der Waals surface area contributed by atoms with E-state index >= 15 is 0 Å². The van der Waals surface area contributed by atoms with Gasteiger partial charge < -0.3 is 9.68 Å². The maximum absolute atomic E-state index is 13.2. The van der Waals surface area contributed by atoms with Crippen molar-refractivity contribution in [2.75, 3.05) is 0 Å². The molecule has 1 radical (unpaired) electrons. The highest BCUT2D eigenvalue weighted by atomic mass is 19.1. The van der Waals surface area contributed by atoms with Gasteiger partial charge in [0.25, 0.3) is 0 Å². The van der Waals surface area contributed by atoms with E-state index in [1.54, 1.807) is 12.1 Å². The Labute approximate surface area is 109 Å². The summed E-state index contributed by atoms with van der Waals surface area (Å²) in [5, 5.41) is 8.52. The van der Waals surface area contributed by atoms with Crippen molar-refractivity contribution in [1.29, 1.82) is 0 Å². The average molecular weight is 251 g/mol. The molecule has 1 aromatic carbocycles. The van der Waals surface area contributed by atoms with Crippen molar-refractivity contribution in [2.24, 2.45) is 0 Å². The molecule has 0 saturated carbocycles. The summed E-state index contributed by atoms with van der Waals surface area (Å²) in [7, 11) is 0.507. The van der Waals surface area contributed by atoms with Crippen LogP contribution in [0.5, 0.6) is 5.75 Å². The normalized spacial score (nSPS) is 10.4. The molecule has 1 N–H and O–H groups in total. The molecule has 0 fully saturated rings. The molecule has 0 unspecified atom stereocenters. The zero-order valence-corrected chi connectivity index (χ0v) is 11.0. The predicted molar refractivity (Wildman–Crippen MR) is 72.1 cm³/mol. The van der Waals surface area contributed by atoms with Gasteiger partial charge in [0.15, 0.2) is 5.82 Å². The van der Waals surface area contributed by atoms with Gasteiger partial charge in [-0.15, -0.1) is 0 Å². The van der Waals surface area contributed by atoms with Crippen molar-refractivity contribution >= 4 is 7.69 Å². The molecule has 0 aliphatic carbocycles. The monoisotopic (exact) mass is 251 g/mol. The van der Waals surface area contributed by atoms with Crippen LogP contribution in [0.3, 0.4) is 0 Å². The van der Waals surface area contributed by atoms with Crippen LogP contribution < -0.4 is 4.65 Å². The number of rotatable bonds is 9. The molecule has 0 aliphatic heterocycles. The maximum Gasteiger partial charge on any atom is 0.569 e. The standard InChI is InChI=1S/C14H21BFO2/c1-2-3-4-5-6-7-8-12-9-10-13(16)14(11-12)18-15-17/h9-11,17H,2-8H2,1H3. The van der Waals surface area contributed by atoms with E-state index < -0.39 is 5.82 Å². The maximum atomic E-state index is 13.2. The van der Waals surface area contributed by atoms with E-state index in [9.17, 15) is 4.39 Å². The van der Waals surface area contributed by atoms with E-state index in [4.69, 9.17) is 9.68 Å². The largest absolute Gasteiger partial charge is 0.569 e. The first kappa shape index (κ1) is 15.0. The predicted octanol–water partition coefficient (Wildman–Crippen LogP) is 3.63. The summed E-state index contributed by atoms with van der Waals surface area (Å²) < 4.78 is 17.9. The lowest BCUT2D eigenvalue weighted by atomic mass is 10.0. The zero-order valence-electron chi connectivity index (χ0n) is 11.0. The fourth-order valence-electron chi connectivity index (χ4n) is 1.96. The minimum Gasteiger partial charge on any atom is -0.535 e. The summed E-state index contributed by atoms with van der Waals surface area (Å²) in [6, 6.07) is 4.80. The van der Waals surface area contributed by atoms with Gasteiger partial charge in [-0.25, -0.2) is 4.39 Å². The van der Waals surface area contributed by atoms with Gasteiger partial charge in [0.2, 0.25) is 0 Å². The first-order valence-corrected chi connectivity index (χ1v) is 6.69. The van der Waals surface area contributed by atoms with Crippen LogP contribution in [0, 0.1) is 5.82 Å². The van der Waals surface area contributed by atoms with E-state index in [1.165, 1.54) is 38.2 Å². The first-order chi connectivity index (χ1) is 8.77. The molecule has 1 aromatic rings. The van der Waals surface area contributed by atoms with Crippen molar-refractivity contribution < 1.29 is 14.1 Å². The molecule has 0 aliphatic rings. The van der Waals surface area contributed by atoms with E-state index in [2.05, 4.69) is 6.92 Å². The third kappa shape index (κ3) is 5.54. The Morgan fingerprint density at radius 3 is 2.61 bits per heavy atom. The molecule has 0 heterocycles. The zero-order chi connectivity index (χ0) is 13.2. The molecule has 0 saturated heterocycles. The molecular weight excluding hydrogens is 230 g/mol. The molecule has 0 bridgehead atoms. The molecular formula is C14H21BFO2. The molecule has 4 heteroatoms. The lowest BCUT2D eigenvalue weighted by Crippen LogP contribution is -2.02. The molecule has 0 atom stereocenters. The van der Waals surface area contributed by atoms with Crippen molar-refractivity contribution in [1.82, 2.24) is 0 Å². The molecule has 1 rings (SSSR count). The van der Waals surface area contributed by atoms with Crippen LogP contribution >= 0.6 is 0 Å². The van der Waals surface area contributed by atoms with Crippen LogP contribution in [0.1, 0.15) is 51.0 Å². The quantitative estimate of drug-likeness (QED) is 0.536. The van der Waals surface area contributed by atoms with Crippen LogP contribution in [-0.2, 0) is 6.42 Å². The molecule has 0 aromatic heterocycles. The van der Waals surface area contributed by atoms with Gasteiger partial charge in [-0.2, -0.15) is 0 Å². The van der Waals surface area contributed by atoms with Gasteiger partial charge in [0.05, 0.1) is 0 Å². The van der Waals surface area contributed by atoms with Crippen LogP contribution in [0.2, 0.25) is 0 Å². The lowest BCUT2D eigenvalue weighted by molar-refractivity contribution is 0.431. The van der Waals surface area contributed by atoms with Crippen molar-refractivity contribution in [3.8, 4) is 5.75 Å². The van der Waals surface area contributed by atoms with Crippen molar-refractivity contribution in [3.05, 3.63) is 29.6 Å². The summed E-state index contributed by atoms with van der Waals surface area (Å²) in [4.78, 5) is 0. The smallest absolute Gasteiger partial charge is 0.535 e.